The number of hydrogen-bond acceptors (Lipinski definition) is 4. The van der Waals surface area contributed by atoms with Gasteiger partial charge in [-0.3, -0.25) is 9.89 Å². The van der Waals surface area contributed by atoms with Crippen LogP contribution in [-0.2, 0) is 4.74 Å². The van der Waals surface area contributed by atoms with Crippen LogP contribution in [0.2, 0.25) is 0 Å². The van der Waals surface area contributed by atoms with Gasteiger partial charge in [-0.15, -0.1) is 0 Å². The summed E-state index contributed by atoms with van der Waals surface area (Å²) in [4.78, 5) is 9.77. The Morgan fingerprint density at radius 1 is 1.22 bits per heavy atom. The van der Waals surface area contributed by atoms with Crippen LogP contribution in [-0.4, -0.2) is 81.9 Å². The molecule has 2 aliphatic heterocycles. The molecule has 2 aliphatic rings. The Balaban J connectivity index is 1.49. The second kappa shape index (κ2) is 10.5. The highest BCUT2D eigenvalue weighted by molar-refractivity contribution is 5.80. The number of rotatable bonds is 7. The lowest BCUT2D eigenvalue weighted by molar-refractivity contribution is 0.0377. The third kappa shape index (κ3) is 5.84. The third-order valence-corrected chi connectivity index (χ3v) is 5.41. The van der Waals surface area contributed by atoms with Gasteiger partial charge in [0, 0.05) is 51.7 Å². The molecule has 0 amide bonds. The van der Waals surface area contributed by atoms with E-state index in [0.29, 0.717) is 5.92 Å². The van der Waals surface area contributed by atoms with Crippen LogP contribution in [0.25, 0.3) is 0 Å². The van der Waals surface area contributed by atoms with Crippen LogP contribution < -0.4 is 10.1 Å². The van der Waals surface area contributed by atoms with Gasteiger partial charge in [0.05, 0.1) is 20.3 Å². The number of nitrogens with one attached hydrogen (secondary N) is 1. The molecule has 6 heteroatoms. The maximum atomic E-state index is 5.41. The van der Waals surface area contributed by atoms with Gasteiger partial charge in [-0.05, 0) is 37.5 Å². The summed E-state index contributed by atoms with van der Waals surface area (Å²) in [5.41, 5.74) is 1.39. The Kier molecular flexibility index (Phi) is 7.78. The molecule has 1 atom stereocenters. The molecule has 150 valence electrons. The summed E-state index contributed by atoms with van der Waals surface area (Å²) < 4.78 is 10.7. The molecule has 0 saturated carbocycles. The lowest BCUT2D eigenvalue weighted by Gasteiger charge is -2.26. The molecule has 1 aromatic rings. The lowest BCUT2D eigenvalue weighted by Crippen LogP contribution is -2.40. The van der Waals surface area contributed by atoms with Crippen molar-refractivity contribution in [2.75, 3.05) is 66.1 Å². The number of methoxy groups -OCH3 is 1. The number of hydrogen-bond donors (Lipinski definition) is 1. The molecular weight excluding hydrogens is 340 g/mol. The fourth-order valence-corrected chi connectivity index (χ4v) is 3.83. The molecule has 1 unspecified atom stereocenters. The van der Waals surface area contributed by atoms with Gasteiger partial charge < -0.3 is 19.7 Å². The first-order valence-electron chi connectivity index (χ1n) is 10.3. The van der Waals surface area contributed by atoms with E-state index < -0.39 is 0 Å². The Labute approximate surface area is 163 Å². The lowest BCUT2D eigenvalue weighted by atomic mass is 9.98. The minimum Gasteiger partial charge on any atom is -0.497 e. The number of aliphatic imine (C=N–C) groups is 1. The summed E-state index contributed by atoms with van der Waals surface area (Å²) in [5, 5.41) is 3.48. The second-order valence-electron chi connectivity index (χ2n) is 7.25. The second-order valence-corrected chi connectivity index (χ2v) is 7.25. The van der Waals surface area contributed by atoms with Gasteiger partial charge >= 0.3 is 0 Å². The van der Waals surface area contributed by atoms with Crippen LogP contribution in [0.1, 0.15) is 31.2 Å². The zero-order valence-electron chi connectivity index (χ0n) is 16.8. The van der Waals surface area contributed by atoms with Crippen molar-refractivity contribution in [1.82, 2.24) is 15.1 Å². The van der Waals surface area contributed by atoms with Gasteiger partial charge in [0.25, 0.3) is 0 Å². The Bertz CT molecular complexity index is 584. The summed E-state index contributed by atoms with van der Waals surface area (Å²) in [6.45, 7) is 11.0. The zero-order valence-corrected chi connectivity index (χ0v) is 16.8. The van der Waals surface area contributed by atoms with Gasteiger partial charge in [-0.1, -0.05) is 12.1 Å². The molecule has 0 aromatic heterocycles. The van der Waals surface area contributed by atoms with Crippen LogP contribution in [0.3, 0.4) is 0 Å². The average Bonchev–Trinajstić information content (AvgIpc) is 3.21. The first-order valence-corrected chi connectivity index (χ1v) is 10.3. The molecule has 3 rings (SSSR count). The van der Waals surface area contributed by atoms with E-state index in [2.05, 4.69) is 46.3 Å². The molecule has 0 aliphatic carbocycles. The molecule has 0 radical (unpaired) electrons. The van der Waals surface area contributed by atoms with Crippen molar-refractivity contribution in [2.45, 2.75) is 25.7 Å². The summed E-state index contributed by atoms with van der Waals surface area (Å²) >= 11 is 0. The molecule has 1 aromatic carbocycles. The fraction of sp³-hybridized carbons (Fsp3) is 0.667. The number of benzene rings is 1. The summed E-state index contributed by atoms with van der Waals surface area (Å²) in [5.74, 6) is 2.55. The van der Waals surface area contributed by atoms with Crippen LogP contribution in [0, 0.1) is 0 Å². The predicted molar refractivity (Wildman–Crippen MR) is 110 cm³/mol. The maximum Gasteiger partial charge on any atom is 0.193 e. The van der Waals surface area contributed by atoms with Crippen LogP contribution in [0.15, 0.2) is 29.3 Å². The van der Waals surface area contributed by atoms with Crippen molar-refractivity contribution >= 4 is 5.96 Å². The van der Waals surface area contributed by atoms with Crippen molar-refractivity contribution in [3.63, 3.8) is 0 Å². The highest BCUT2D eigenvalue weighted by Crippen LogP contribution is 2.28. The van der Waals surface area contributed by atoms with Crippen molar-refractivity contribution in [1.29, 1.82) is 0 Å². The van der Waals surface area contributed by atoms with Gasteiger partial charge in [0.1, 0.15) is 5.75 Å². The van der Waals surface area contributed by atoms with E-state index in [1.807, 2.05) is 0 Å². The smallest absolute Gasteiger partial charge is 0.193 e. The summed E-state index contributed by atoms with van der Waals surface area (Å²) in [7, 11) is 1.71. The zero-order chi connectivity index (χ0) is 18.9. The quantitative estimate of drug-likeness (QED) is 0.450. The largest absolute Gasteiger partial charge is 0.497 e. The van der Waals surface area contributed by atoms with Crippen LogP contribution in [0.5, 0.6) is 5.75 Å². The van der Waals surface area contributed by atoms with Gasteiger partial charge in [-0.2, -0.15) is 0 Å². The first-order chi connectivity index (χ1) is 13.3. The number of morpholine rings is 1. The minimum absolute atomic E-state index is 0.563. The SMILES string of the molecule is CCNC(=NCCCN1CCOCC1)N1CCC(c2ccc(OC)cc2)C1. The van der Waals surface area contributed by atoms with Crippen LogP contribution in [0.4, 0.5) is 0 Å². The van der Waals surface area contributed by atoms with Crippen molar-refractivity contribution in [3.05, 3.63) is 29.8 Å². The van der Waals surface area contributed by atoms with Gasteiger partial charge in [0.15, 0.2) is 5.96 Å². The number of likely N-dealkylation sites (tertiary alicyclic amines) is 1. The standard InChI is InChI=1S/C21H34N4O2/c1-3-22-21(23-10-4-11-24-13-15-27-16-14-24)25-12-9-19(17-25)18-5-7-20(26-2)8-6-18/h5-8,19H,3-4,9-17H2,1-2H3,(H,22,23). The highest BCUT2D eigenvalue weighted by atomic mass is 16.5. The molecule has 0 bridgehead atoms. The first kappa shape index (κ1) is 20.0. The number of ether oxygens (including phenoxy) is 2. The van der Waals surface area contributed by atoms with E-state index >= 15 is 0 Å². The van der Waals surface area contributed by atoms with Crippen molar-refractivity contribution < 1.29 is 9.47 Å². The van der Waals surface area contributed by atoms with Crippen LogP contribution >= 0.6 is 0 Å². The van der Waals surface area contributed by atoms with E-state index in [9.17, 15) is 0 Å². The van der Waals surface area contributed by atoms with E-state index in [-0.39, 0.29) is 0 Å². The van der Waals surface area contributed by atoms with Crippen molar-refractivity contribution in [2.24, 2.45) is 4.99 Å². The number of guanidine groups is 1. The molecule has 6 nitrogen and oxygen atoms in total. The monoisotopic (exact) mass is 374 g/mol. The molecule has 2 fully saturated rings. The van der Waals surface area contributed by atoms with Gasteiger partial charge in [0.2, 0.25) is 0 Å². The van der Waals surface area contributed by atoms with Crippen molar-refractivity contribution in [3.8, 4) is 5.75 Å². The van der Waals surface area contributed by atoms with E-state index in [0.717, 1.165) is 77.2 Å². The Morgan fingerprint density at radius 3 is 2.70 bits per heavy atom. The molecule has 2 heterocycles. The van der Waals surface area contributed by atoms with Gasteiger partial charge in [-0.25, -0.2) is 0 Å². The third-order valence-electron chi connectivity index (χ3n) is 5.41. The Hall–Kier alpha value is -1.79. The summed E-state index contributed by atoms with van der Waals surface area (Å²) in [6.07, 6.45) is 2.27. The average molecular weight is 375 g/mol. The molecule has 2 saturated heterocycles. The Morgan fingerprint density at radius 2 is 2.00 bits per heavy atom. The van der Waals surface area contributed by atoms with E-state index in [1.54, 1.807) is 7.11 Å². The summed E-state index contributed by atoms with van der Waals surface area (Å²) in [6, 6.07) is 8.50. The molecule has 1 N–H and O–H groups in total. The highest BCUT2D eigenvalue weighted by Gasteiger charge is 2.26. The minimum atomic E-state index is 0.563. The topological polar surface area (TPSA) is 49.3 Å². The van der Waals surface area contributed by atoms with E-state index in [1.165, 1.54) is 12.0 Å². The number of nitrogens with zero attached hydrogens (tertiary/aromatic N) is 3. The normalized spacial score (nSPS) is 21.5. The van der Waals surface area contributed by atoms with E-state index in [4.69, 9.17) is 14.5 Å². The maximum absolute atomic E-state index is 5.41. The predicted octanol–water partition coefficient (Wildman–Crippen LogP) is 2.17. The molecule has 27 heavy (non-hydrogen) atoms. The molecular formula is C21H34N4O2. The molecule has 0 spiro atoms. The fourth-order valence-electron chi connectivity index (χ4n) is 3.83.